The molecule has 0 aliphatic rings. The first-order chi connectivity index (χ1) is 9.11. The Balaban J connectivity index is 3.29. The van der Waals surface area contributed by atoms with Gasteiger partial charge in [-0.3, -0.25) is 4.79 Å². The highest BCUT2D eigenvalue weighted by Gasteiger charge is 2.14. The molecule has 0 aromatic heterocycles. The molecule has 19 heavy (non-hydrogen) atoms. The predicted octanol–water partition coefficient (Wildman–Crippen LogP) is 3.77. The number of unbranched alkanes of at least 4 members (excludes halogenated alkanes) is 2. The molecule has 0 rings (SSSR count). The van der Waals surface area contributed by atoms with E-state index in [2.05, 4.69) is 19.2 Å². The highest BCUT2D eigenvalue weighted by Crippen LogP contribution is 2.10. The number of ether oxygens (including phenoxy) is 1. The van der Waals surface area contributed by atoms with E-state index < -0.39 is 0 Å². The van der Waals surface area contributed by atoms with Crippen LogP contribution in [0.2, 0.25) is 0 Å². The molecular weight excluding hydrogens is 238 g/mol. The van der Waals surface area contributed by atoms with Gasteiger partial charge in [0.1, 0.15) is 0 Å². The number of carbonyl (C=O) groups excluding carboxylic acids is 1. The maximum absolute atomic E-state index is 11.6. The molecule has 0 atom stereocenters. The minimum Gasteiger partial charge on any atom is -0.465 e. The Hall–Kier alpha value is -0.570. The molecule has 0 bridgehead atoms. The molecule has 0 amide bonds. The Morgan fingerprint density at radius 1 is 1.05 bits per heavy atom. The predicted molar refractivity (Wildman–Crippen MR) is 81.2 cm³/mol. The third-order valence-corrected chi connectivity index (χ3v) is 3.46. The zero-order chi connectivity index (χ0) is 14.5. The van der Waals surface area contributed by atoms with E-state index in [9.17, 15) is 4.79 Å². The lowest BCUT2D eigenvalue weighted by molar-refractivity contribution is -0.148. The van der Waals surface area contributed by atoms with Crippen LogP contribution in [-0.4, -0.2) is 25.7 Å². The molecular formula is C16H33NO2. The fraction of sp³-hybridized carbons (Fsp3) is 0.938. The molecule has 0 saturated heterocycles. The van der Waals surface area contributed by atoms with Crippen LogP contribution in [0.1, 0.15) is 66.2 Å². The summed E-state index contributed by atoms with van der Waals surface area (Å²) in [5, 5.41) is 3.45. The molecule has 0 heterocycles. The fourth-order valence-corrected chi connectivity index (χ4v) is 1.96. The van der Waals surface area contributed by atoms with Crippen molar-refractivity contribution in [3.05, 3.63) is 0 Å². The smallest absolute Gasteiger partial charge is 0.308 e. The summed E-state index contributed by atoms with van der Waals surface area (Å²) in [6, 6.07) is 0. The fourth-order valence-electron chi connectivity index (χ4n) is 1.96. The average molecular weight is 271 g/mol. The Kier molecular flexibility index (Phi) is 12.1. The highest BCUT2D eigenvalue weighted by atomic mass is 16.5. The number of hydrogen-bond donors (Lipinski definition) is 1. The van der Waals surface area contributed by atoms with Crippen molar-refractivity contribution in [1.29, 1.82) is 0 Å². The molecule has 0 spiro atoms. The summed E-state index contributed by atoms with van der Waals surface area (Å²) < 4.78 is 5.29. The normalized spacial score (nSPS) is 11.3. The van der Waals surface area contributed by atoms with Crippen LogP contribution in [0.25, 0.3) is 0 Å². The zero-order valence-corrected chi connectivity index (χ0v) is 13.3. The number of carbonyl (C=O) groups is 1. The molecule has 0 aromatic carbocycles. The molecule has 0 unspecified atom stereocenters. The van der Waals surface area contributed by atoms with Crippen LogP contribution in [-0.2, 0) is 9.53 Å². The highest BCUT2D eigenvalue weighted by molar-refractivity contribution is 5.72. The van der Waals surface area contributed by atoms with Crippen LogP contribution in [0.4, 0.5) is 0 Å². The van der Waals surface area contributed by atoms with Gasteiger partial charge in [-0.15, -0.1) is 0 Å². The monoisotopic (exact) mass is 271 g/mol. The molecule has 0 aliphatic carbocycles. The maximum atomic E-state index is 11.6. The van der Waals surface area contributed by atoms with Crippen LogP contribution in [0.3, 0.4) is 0 Å². The van der Waals surface area contributed by atoms with Gasteiger partial charge in [-0.05, 0) is 57.5 Å². The van der Waals surface area contributed by atoms with Crippen molar-refractivity contribution in [1.82, 2.24) is 5.32 Å². The van der Waals surface area contributed by atoms with Crippen LogP contribution >= 0.6 is 0 Å². The topological polar surface area (TPSA) is 38.3 Å². The van der Waals surface area contributed by atoms with E-state index in [1.54, 1.807) is 0 Å². The van der Waals surface area contributed by atoms with Gasteiger partial charge in [0.2, 0.25) is 0 Å². The van der Waals surface area contributed by atoms with Gasteiger partial charge in [-0.2, -0.15) is 0 Å². The lowest BCUT2D eigenvalue weighted by Gasteiger charge is -2.11. The molecule has 0 aliphatic heterocycles. The van der Waals surface area contributed by atoms with Gasteiger partial charge >= 0.3 is 5.97 Å². The quantitative estimate of drug-likeness (QED) is 0.434. The maximum Gasteiger partial charge on any atom is 0.308 e. The van der Waals surface area contributed by atoms with E-state index in [4.69, 9.17) is 4.74 Å². The minimum absolute atomic E-state index is 0.0138. The Morgan fingerprint density at radius 3 is 2.32 bits per heavy atom. The zero-order valence-electron chi connectivity index (χ0n) is 13.3. The molecule has 0 saturated carbocycles. The summed E-state index contributed by atoms with van der Waals surface area (Å²) in [4.78, 5) is 11.6. The number of hydrogen-bond acceptors (Lipinski definition) is 3. The lowest BCUT2D eigenvalue weighted by atomic mass is 10.0. The first-order valence-electron chi connectivity index (χ1n) is 7.99. The van der Waals surface area contributed by atoms with Gasteiger partial charge in [-0.25, -0.2) is 0 Å². The van der Waals surface area contributed by atoms with Crippen molar-refractivity contribution in [2.24, 2.45) is 11.8 Å². The van der Waals surface area contributed by atoms with Crippen LogP contribution in [0, 0.1) is 11.8 Å². The minimum atomic E-state index is -0.0138. The molecule has 1 N–H and O–H groups in total. The summed E-state index contributed by atoms with van der Waals surface area (Å²) in [7, 11) is 0. The van der Waals surface area contributed by atoms with E-state index in [0.717, 1.165) is 44.7 Å². The average Bonchev–Trinajstić information content (AvgIpc) is 2.37. The first-order valence-corrected chi connectivity index (χ1v) is 7.99. The third kappa shape index (κ3) is 11.0. The summed E-state index contributed by atoms with van der Waals surface area (Å²) in [6.07, 6.45) is 6.29. The van der Waals surface area contributed by atoms with Crippen molar-refractivity contribution < 1.29 is 9.53 Å². The third-order valence-electron chi connectivity index (χ3n) is 3.46. The van der Waals surface area contributed by atoms with Gasteiger partial charge in [-0.1, -0.05) is 27.7 Å². The van der Waals surface area contributed by atoms with E-state index in [1.165, 1.54) is 12.8 Å². The summed E-state index contributed by atoms with van der Waals surface area (Å²) >= 11 is 0. The first kappa shape index (κ1) is 18.4. The van der Waals surface area contributed by atoms with Crippen molar-refractivity contribution in [2.45, 2.75) is 66.2 Å². The molecule has 0 fully saturated rings. The van der Waals surface area contributed by atoms with E-state index in [1.807, 2.05) is 13.8 Å². The summed E-state index contributed by atoms with van der Waals surface area (Å²) in [5.41, 5.74) is 0. The second kappa shape index (κ2) is 12.5. The van der Waals surface area contributed by atoms with E-state index in [-0.39, 0.29) is 11.9 Å². The standard InChI is InChI=1S/C16H33NO2/c1-5-15(6-2)16(18)19-13-9-7-8-11-17-12-10-14(3)4/h14-15,17H,5-13H2,1-4H3. The molecule has 114 valence electrons. The summed E-state index contributed by atoms with van der Waals surface area (Å²) in [5.74, 6) is 0.856. The lowest BCUT2D eigenvalue weighted by Crippen LogP contribution is -2.19. The van der Waals surface area contributed by atoms with Gasteiger partial charge in [0.15, 0.2) is 0 Å². The SMILES string of the molecule is CCC(CC)C(=O)OCCCCCNCCC(C)C. The number of nitrogens with one attached hydrogen (secondary N) is 1. The Bertz CT molecular complexity index is 213. The Morgan fingerprint density at radius 2 is 1.74 bits per heavy atom. The van der Waals surface area contributed by atoms with Crippen LogP contribution in [0.15, 0.2) is 0 Å². The van der Waals surface area contributed by atoms with Gasteiger partial charge in [0, 0.05) is 0 Å². The van der Waals surface area contributed by atoms with Crippen molar-refractivity contribution >= 4 is 5.97 Å². The molecule has 0 radical (unpaired) electrons. The summed E-state index contributed by atoms with van der Waals surface area (Å²) in [6.45, 7) is 11.3. The second-order valence-corrected chi connectivity index (χ2v) is 5.67. The second-order valence-electron chi connectivity index (χ2n) is 5.67. The number of esters is 1. The molecule has 3 heteroatoms. The largest absolute Gasteiger partial charge is 0.465 e. The van der Waals surface area contributed by atoms with Crippen LogP contribution < -0.4 is 5.32 Å². The van der Waals surface area contributed by atoms with Crippen LogP contribution in [0.5, 0.6) is 0 Å². The van der Waals surface area contributed by atoms with E-state index >= 15 is 0 Å². The van der Waals surface area contributed by atoms with Gasteiger partial charge in [0.25, 0.3) is 0 Å². The van der Waals surface area contributed by atoms with Crippen molar-refractivity contribution in [3.8, 4) is 0 Å². The number of rotatable bonds is 12. The van der Waals surface area contributed by atoms with E-state index in [0.29, 0.717) is 6.61 Å². The van der Waals surface area contributed by atoms with Crippen molar-refractivity contribution in [2.75, 3.05) is 19.7 Å². The molecule has 3 nitrogen and oxygen atoms in total. The van der Waals surface area contributed by atoms with Gasteiger partial charge < -0.3 is 10.1 Å². The van der Waals surface area contributed by atoms with Crippen molar-refractivity contribution in [3.63, 3.8) is 0 Å². The van der Waals surface area contributed by atoms with Gasteiger partial charge in [0.05, 0.1) is 12.5 Å². The molecule has 0 aromatic rings. The Labute approximate surface area is 119 Å².